The lowest BCUT2D eigenvalue weighted by atomic mass is 10.1. The Labute approximate surface area is 201 Å². The standard InChI is InChI=1S/C25H23BrN2O4S/c1-17-4-3-5-19(16-17)23-28-25(33(29,30)22-12-8-20(26)9-13-22)24(32-23)27-15-14-18-6-10-21(31-2)11-7-18/h3-13,16,27H,14-15H2,1-2H3. The molecular formula is C25H23BrN2O4S. The number of aromatic nitrogens is 1. The van der Waals surface area contributed by atoms with E-state index < -0.39 is 9.84 Å². The molecule has 1 N–H and O–H groups in total. The number of rotatable bonds is 8. The molecule has 3 aromatic carbocycles. The quantitative estimate of drug-likeness (QED) is 0.307. The number of sulfone groups is 1. The zero-order valence-electron chi connectivity index (χ0n) is 18.2. The van der Waals surface area contributed by atoms with E-state index in [2.05, 4.69) is 26.2 Å². The van der Waals surface area contributed by atoms with Gasteiger partial charge >= 0.3 is 0 Å². The first-order valence-corrected chi connectivity index (χ1v) is 12.6. The molecule has 0 fully saturated rings. The van der Waals surface area contributed by atoms with Gasteiger partial charge in [-0.3, -0.25) is 0 Å². The second-order valence-electron chi connectivity index (χ2n) is 7.50. The van der Waals surface area contributed by atoms with Crippen molar-refractivity contribution in [1.82, 2.24) is 4.98 Å². The maximum Gasteiger partial charge on any atom is 0.233 e. The molecule has 0 bridgehead atoms. The second kappa shape index (κ2) is 9.80. The monoisotopic (exact) mass is 526 g/mol. The first-order valence-electron chi connectivity index (χ1n) is 10.3. The molecular weight excluding hydrogens is 504 g/mol. The van der Waals surface area contributed by atoms with Crippen molar-refractivity contribution < 1.29 is 17.6 Å². The number of halogens is 1. The molecule has 0 radical (unpaired) electrons. The lowest BCUT2D eigenvalue weighted by Crippen LogP contribution is -2.09. The Morgan fingerprint density at radius 1 is 1.03 bits per heavy atom. The summed E-state index contributed by atoms with van der Waals surface area (Å²) in [4.78, 5) is 4.54. The number of nitrogens with one attached hydrogen (secondary N) is 1. The molecule has 1 aromatic heterocycles. The number of aryl methyl sites for hydroxylation is 1. The first kappa shape index (κ1) is 23.1. The van der Waals surface area contributed by atoms with Crippen LogP contribution in [-0.2, 0) is 16.3 Å². The molecule has 0 unspecified atom stereocenters. The van der Waals surface area contributed by atoms with Crippen LogP contribution in [0.5, 0.6) is 5.75 Å². The summed E-state index contributed by atoms with van der Waals surface area (Å²) in [7, 11) is -2.27. The maximum absolute atomic E-state index is 13.4. The fourth-order valence-corrected chi connectivity index (χ4v) is 4.88. The Balaban J connectivity index is 1.65. The van der Waals surface area contributed by atoms with E-state index in [1.807, 2.05) is 55.5 Å². The number of nitrogens with zero attached hydrogens (tertiary/aromatic N) is 1. The molecule has 8 heteroatoms. The minimum atomic E-state index is -3.89. The molecule has 0 saturated carbocycles. The van der Waals surface area contributed by atoms with Crippen LogP contribution in [0.4, 0.5) is 5.88 Å². The second-order valence-corrected chi connectivity index (χ2v) is 10.3. The smallest absolute Gasteiger partial charge is 0.233 e. The van der Waals surface area contributed by atoms with Crippen molar-refractivity contribution in [3.05, 3.63) is 88.4 Å². The van der Waals surface area contributed by atoms with Gasteiger partial charge < -0.3 is 14.5 Å². The molecule has 33 heavy (non-hydrogen) atoms. The number of benzene rings is 3. The summed E-state index contributed by atoms with van der Waals surface area (Å²) in [6, 6.07) is 21.8. The lowest BCUT2D eigenvalue weighted by molar-refractivity contribution is 0.414. The van der Waals surface area contributed by atoms with Gasteiger partial charge in [-0.1, -0.05) is 45.8 Å². The molecule has 0 aliphatic rings. The third kappa shape index (κ3) is 5.29. The number of hydrogen-bond acceptors (Lipinski definition) is 6. The normalized spacial score (nSPS) is 11.4. The van der Waals surface area contributed by atoms with E-state index in [4.69, 9.17) is 9.15 Å². The number of methoxy groups -OCH3 is 1. The summed E-state index contributed by atoms with van der Waals surface area (Å²) < 4.78 is 38.7. The minimum absolute atomic E-state index is 0.128. The third-order valence-electron chi connectivity index (χ3n) is 5.10. The molecule has 4 rings (SSSR count). The number of anilines is 1. The first-order chi connectivity index (χ1) is 15.9. The van der Waals surface area contributed by atoms with Crippen LogP contribution in [0.1, 0.15) is 11.1 Å². The van der Waals surface area contributed by atoms with Gasteiger partial charge in [0.1, 0.15) is 5.75 Å². The van der Waals surface area contributed by atoms with E-state index >= 15 is 0 Å². The van der Waals surface area contributed by atoms with Crippen molar-refractivity contribution in [2.75, 3.05) is 19.0 Å². The van der Waals surface area contributed by atoms with Gasteiger partial charge in [0.25, 0.3) is 0 Å². The Hall–Kier alpha value is -3.10. The predicted molar refractivity (Wildman–Crippen MR) is 131 cm³/mol. The SMILES string of the molecule is COc1ccc(CCNc2oc(-c3cccc(C)c3)nc2S(=O)(=O)c2ccc(Br)cc2)cc1. The summed E-state index contributed by atoms with van der Waals surface area (Å²) in [6.45, 7) is 2.43. The molecule has 0 aliphatic heterocycles. The molecule has 0 saturated heterocycles. The predicted octanol–water partition coefficient (Wildman–Crippen LogP) is 5.91. The summed E-state index contributed by atoms with van der Waals surface area (Å²) in [5.41, 5.74) is 2.82. The average molecular weight is 527 g/mol. The number of ether oxygens (including phenoxy) is 1. The third-order valence-corrected chi connectivity index (χ3v) is 7.31. The van der Waals surface area contributed by atoms with Crippen LogP contribution >= 0.6 is 15.9 Å². The fraction of sp³-hybridized carbons (Fsp3) is 0.160. The molecule has 170 valence electrons. The van der Waals surface area contributed by atoms with E-state index in [1.165, 1.54) is 0 Å². The Bertz CT molecular complexity index is 1350. The molecule has 0 amide bonds. The number of hydrogen-bond donors (Lipinski definition) is 1. The van der Waals surface area contributed by atoms with Crippen molar-refractivity contribution in [3.63, 3.8) is 0 Å². The van der Waals surface area contributed by atoms with Crippen LogP contribution in [0, 0.1) is 6.92 Å². The van der Waals surface area contributed by atoms with Crippen LogP contribution in [0.25, 0.3) is 11.5 Å². The van der Waals surface area contributed by atoms with Crippen molar-refractivity contribution in [3.8, 4) is 17.2 Å². The zero-order valence-corrected chi connectivity index (χ0v) is 20.6. The summed E-state index contributed by atoms with van der Waals surface area (Å²) >= 11 is 3.34. The Morgan fingerprint density at radius 3 is 2.42 bits per heavy atom. The van der Waals surface area contributed by atoms with E-state index in [0.29, 0.717) is 18.5 Å². The Kier molecular flexibility index (Phi) is 6.85. The highest BCUT2D eigenvalue weighted by Gasteiger charge is 2.28. The van der Waals surface area contributed by atoms with E-state index in [9.17, 15) is 8.42 Å². The zero-order chi connectivity index (χ0) is 23.4. The topological polar surface area (TPSA) is 81.4 Å². The summed E-state index contributed by atoms with van der Waals surface area (Å²) in [5.74, 6) is 1.16. The lowest BCUT2D eigenvalue weighted by Gasteiger charge is -2.07. The van der Waals surface area contributed by atoms with Gasteiger partial charge in [-0.25, -0.2) is 8.42 Å². The van der Waals surface area contributed by atoms with Crippen LogP contribution in [0.3, 0.4) is 0 Å². The van der Waals surface area contributed by atoms with Gasteiger partial charge in [-0.05, 0) is 67.4 Å². The molecule has 0 spiro atoms. The van der Waals surface area contributed by atoms with Gasteiger partial charge in [0.05, 0.1) is 12.0 Å². The van der Waals surface area contributed by atoms with E-state index in [-0.39, 0.29) is 21.7 Å². The van der Waals surface area contributed by atoms with Crippen LogP contribution < -0.4 is 10.1 Å². The average Bonchev–Trinajstić information content (AvgIpc) is 3.25. The van der Waals surface area contributed by atoms with Gasteiger partial charge in [0.15, 0.2) is 0 Å². The highest BCUT2D eigenvalue weighted by atomic mass is 79.9. The molecule has 6 nitrogen and oxygen atoms in total. The fourth-order valence-electron chi connectivity index (χ4n) is 3.34. The largest absolute Gasteiger partial charge is 0.497 e. The van der Waals surface area contributed by atoms with Crippen LogP contribution in [0.2, 0.25) is 0 Å². The van der Waals surface area contributed by atoms with Gasteiger partial charge in [0.2, 0.25) is 26.6 Å². The molecule has 0 aliphatic carbocycles. The van der Waals surface area contributed by atoms with Crippen molar-refractivity contribution >= 4 is 31.7 Å². The highest BCUT2D eigenvalue weighted by molar-refractivity contribution is 9.10. The molecule has 1 heterocycles. The molecule has 0 atom stereocenters. The summed E-state index contributed by atoms with van der Waals surface area (Å²) in [5, 5.41) is 3.00. The number of oxazole rings is 1. The van der Waals surface area contributed by atoms with Crippen molar-refractivity contribution in [2.45, 2.75) is 23.3 Å². The van der Waals surface area contributed by atoms with E-state index in [1.54, 1.807) is 31.4 Å². The Morgan fingerprint density at radius 2 is 1.76 bits per heavy atom. The highest BCUT2D eigenvalue weighted by Crippen LogP contribution is 2.33. The molecule has 4 aromatic rings. The minimum Gasteiger partial charge on any atom is -0.497 e. The van der Waals surface area contributed by atoms with Gasteiger partial charge in [0, 0.05) is 16.6 Å². The maximum atomic E-state index is 13.4. The van der Waals surface area contributed by atoms with Crippen LogP contribution in [-0.4, -0.2) is 27.1 Å². The van der Waals surface area contributed by atoms with Crippen LogP contribution in [0.15, 0.2) is 91.6 Å². The van der Waals surface area contributed by atoms with Gasteiger partial charge in [-0.15, -0.1) is 0 Å². The van der Waals surface area contributed by atoms with E-state index in [0.717, 1.165) is 21.3 Å². The van der Waals surface area contributed by atoms with Crippen molar-refractivity contribution in [2.24, 2.45) is 0 Å². The summed E-state index contributed by atoms with van der Waals surface area (Å²) in [6.07, 6.45) is 0.669. The van der Waals surface area contributed by atoms with Crippen molar-refractivity contribution in [1.29, 1.82) is 0 Å². The van der Waals surface area contributed by atoms with Gasteiger partial charge in [-0.2, -0.15) is 4.98 Å².